The highest BCUT2D eigenvalue weighted by molar-refractivity contribution is 7.99. The molecule has 0 amide bonds. The average Bonchev–Trinajstić information content (AvgIpc) is 2.42. The molecule has 0 bridgehead atoms. The van der Waals surface area contributed by atoms with Crippen LogP contribution in [0.25, 0.3) is 0 Å². The Balaban J connectivity index is 2.64. The maximum Gasteiger partial charge on any atom is 0.132 e. The molecule has 0 aliphatic heterocycles. The van der Waals surface area contributed by atoms with E-state index in [1.54, 1.807) is 26.0 Å². The maximum absolute atomic E-state index is 10.3. The minimum absolute atomic E-state index is 0.179. The zero-order valence-electron chi connectivity index (χ0n) is 12.2. The fraction of sp³-hybridized carbons (Fsp3) is 0.250. The molecule has 21 heavy (non-hydrogen) atoms. The highest BCUT2D eigenvalue weighted by atomic mass is 35.5. The predicted octanol–water partition coefficient (Wildman–Crippen LogP) is 5.79. The SMILES string of the molecule is Cc1cc(Cl)c(C)c(Sc2c(C)c(Cl)cc(C)c2O)c1O. The zero-order chi connectivity index (χ0) is 15.9. The molecule has 0 atom stereocenters. The van der Waals surface area contributed by atoms with Crippen LogP contribution in [-0.4, -0.2) is 10.2 Å². The van der Waals surface area contributed by atoms with Crippen LogP contribution in [0.5, 0.6) is 11.5 Å². The first-order chi connectivity index (χ1) is 9.73. The summed E-state index contributed by atoms with van der Waals surface area (Å²) in [6.07, 6.45) is 0. The lowest BCUT2D eigenvalue weighted by molar-refractivity contribution is 0.454. The van der Waals surface area contributed by atoms with E-state index in [-0.39, 0.29) is 11.5 Å². The van der Waals surface area contributed by atoms with E-state index in [0.29, 0.717) is 31.0 Å². The molecule has 0 spiro atoms. The molecule has 2 N–H and O–H groups in total. The van der Waals surface area contributed by atoms with Crippen LogP contribution < -0.4 is 0 Å². The minimum atomic E-state index is 0.179. The second-order valence-corrected chi connectivity index (χ2v) is 6.89. The molecular weight excluding hydrogens is 327 g/mol. The lowest BCUT2D eigenvalue weighted by Gasteiger charge is -2.16. The third-order valence-electron chi connectivity index (χ3n) is 3.47. The Bertz CT molecular complexity index is 613. The van der Waals surface area contributed by atoms with Crippen molar-refractivity contribution in [2.24, 2.45) is 0 Å². The number of phenolic OH excluding ortho intramolecular Hbond substituents is 2. The number of hydrogen-bond acceptors (Lipinski definition) is 3. The number of benzene rings is 2. The molecule has 0 heterocycles. The summed E-state index contributed by atoms with van der Waals surface area (Å²) in [7, 11) is 0. The van der Waals surface area contributed by atoms with Gasteiger partial charge in [-0.2, -0.15) is 0 Å². The number of halogens is 2. The van der Waals surface area contributed by atoms with Crippen molar-refractivity contribution in [2.45, 2.75) is 37.5 Å². The van der Waals surface area contributed by atoms with Gasteiger partial charge in [-0.3, -0.25) is 0 Å². The summed E-state index contributed by atoms with van der Waals surface area (Å²) in [5, 5.41) is 21.8. The maximum atomic E-state index is 10.3. The Morgan fingerprint density at radius 3 is 1.43 bits per heavy atom. The van der Waals surface area contributed by atoms with Gasteiger partial charge in [0.05, 0.1) is 9.79 Å². The molecule has 5 heteroatoms. The van der Waals surface area contributed by atoms with Gasteiger partial charge in [-0.05, 0) is 62.1 Å². The van der Waals surface area contributed by atoms with E-state index in [1.807, 2.05) is 13.8 Å². The number of phenols is 2. The molecule has 0 aliphatic rings. The predicted molar refractivity (Wildman–Crippen MR) is 89.3 cm³/mol. The van der Waals surface area contributed by atoms with Crippen molar-refractivity contribution < 1.29 is 10.2 Å². The topological polar surface area (TPSA) is 40.5 Å². The van der Waals surface area contributed by atoms with E-state index in [0.717, 1.165) is 11.1 Å². The van der Waals surface area contributed by atoms with Gasteiger partial charge in [-0.25, -0.2) is 0 Å². The Hall–Kier alpha value is -1.03. The first-order valence-electron chi connectivity index (χ1n) is 6.39. The molecule has 112 valence electrons. The quantitative estimate of drug-likeness (QED) is 0.725. The van der Waals surface area contributed by atoms with Gasteiger partial charge < -0.3 is 10.2 Å². The summed E-state index contributed by atoms with van der Waals surface area (Å²) in [6, 6.07) is 3.46. The Morgan fingerprint density at radius 1 is 0.762 bits per heavy atom. The summed E-state index contributed by atoms with van der Waals surface area (Å²) in [4.78, 5) is 1.28. The number of aryl methyl sites for hydroxylation is 2. The highest BCUT2D eigenvalue weighted by Gasteiger charge is 2.18. The van der Waals surface area contributed by atoms with Crippen molar-refractivity contribution in [3.63, 3.8) is 0 Å². The van der Waals surface area contributed by atoms with Crippen molar-refractivity contribution in [3.8, 4) is 11.5 Å². The largest absolute Gasteiger partial charge is 0.506 e. The third-order valence-corrected chi connectivity index (χ3v) is 5.66. The normalized spacial score (nSPS) is 11.0. The summed E-state index contributed by atoms with van der Waals surface area (Å²) in [6.45, 7) is 7.27. The molecule has 0 fully saturated rings. The van der Waals surface area contributed by atoms with Crippen LogP contribution in [0.1, 0.15) is 22.3 Å². The summed E-state index contributed by atoms with van der Waals surface area (Å²) >= 11 is 13.7. The van der Waals surface area contributed by atoms with Crippen LogP contribution in [-0.2, 0) is 0 Å². The van der Waals surface area contributed by atoms with E-state index in [4.69, 9.17) is 23.2 Å². The van der Waals surface area contributed by atoms with Gasteiger partial charge in [-0.15, -0.1) is 0 Å². The standard InChI is InChI=1S/C16H16Cl2O2S/c1-7-5-11(17)9(3)15(13(7)19)21-16-10(4)12(18)6-8(2)14(16)20/h5-6,19-20H,1-4H3. The Morgan fingerprint density at radius 2 is 1.10 bits per heavy atom. The molecule has 0 radical (unpaired) electrons. The molecule has 0 aliphatic carbocycles. The molecule has 2 aromatic rings. The smallest absolute Gasteiger partial charge is 0.132 e. The molecule has 0 saturated carbocycles. The van der Waals surface area contributed by atoms with E-state index in [1.165, 1.54) is 11.8 Å². The molecule has 0 unspecified atom stereocenters. The average molecular weight is 343 g/mol. The van der Waals surface area contributed by atoms with Crippen LogP contribution in [0.2, 0.25) is 10.0 Å². The van der Waals surface area contributed by atoms with Crippen molar-refractivity contribution in [2.75, 3.05) is 0 Å². The highest BCUT2D eigenvalue weighted by Crippen LogP contribution is 2.47. The van der Waals surface area contributed by atoms with Gasteiger partial charge in [0, 0.05) is 10.0 Å². The summed E-state index contributed by atoms with van der Waals surface area (Å²) in [5.74, 6) is 0.358. The lowest BCUT2D eigenvalue weighted by atomic mass is 10.1. The van der Waals surface area contributed by atoms with Crippen LogP contribution >= 0.6 is 35.0 Å². The zero-order valence-corrected chi connectivity index (χ0v) is 14.5. The molecule has 2 nitrogen and oxygen atoms in total. The molecule has 0 saturated heterocycles. The van der Waals surface area contributed by atoms with E-state index >= 15 is 0 Å². The van der Waals surface area contributed by atoms with Crippen molar-refractivity contribution >= 4 is 35.0 Å². The minimum Gasteiger partial charge on any atom is -0.506 e. The van der Waals surface area contributed by atoms with Gasteiger partial charge in [0.15, 0.2) is 0 Å². The van der Waals surface area contributed by atoms with Crippen molar-refractivity contribution in [3.05, 3.63) is 44.4 Å². The molecule has 2 aromatic carbocycles. The summed E-state index contributed by atoms with van der Waals surface area (Å²) < 4.78 is 0. The number of aromatic hydroxyl groups is 2. The number of hydrogen-bond donors (Lipinski definition) is 2. The van der Waals surface area contributed by atoms with Crippen LogP contribution in [0, 0.1) is 27.7 Å². The van der Waals surface area contributed by atoms with Crippen molar-refractivity contribution in [1.29, 1.82) is 0 Å². The number of rotatable bonds is 2. The first kappa shape index (κ1) is 16.3. The van der Waals surface area contributed by atoms with E-state index in [2.05, 4.69) is 0 Å². The van der Waals surface area contributed by atoms with Gasteiger partial charge >= 0.3 is 0 Å². The van der Waals surface area contributed by atoms with Gasteiger partial charge in [0.1, 0.15) is 11.5 Å². The third kappa shape index (κ3) is 2.96. The van der Waals surface area contributed by atoms with Gasteiger partial charge in [0.2, 0.25) is 0 Å². The molecular formula is C16H16Cl2O2S. The fourth-order valence-corrected chi connectivity index (χ4v) is 3.89. The molecule has 0 aromatic heterocycles. The molecule has 2 rings (SSSR count). The fourth-order valence-electron chi connectivity index (χ4n) is 2.02. The van der Waals surface area contributed by atoms with Crippen LogP contribution in [0.15, 0.2) is 21.9 Å². The Kier molecular flexibility index (Phi) is 4.66. The first-order valence-corrected chi connectivity index (χ1v) is 7.96. The van der Waals surface area contributed by atoms with Crippen LogP contribution in [0.4, 0.5) is 0 Å². The Labute approximate surface area is 138 Å². The monoisotopic (exact) mass is 342 g/mol. The second kappa shape index (κ2) is 5.99. The lowest BCUT2D eigenvalue weighted by Crippen LogP contribution is -1.91. The van der Waals surface area contributed by atoms with Gasteiger partial charge in [0.25, 0.3) is 0 Å². The van der Waals surface area contributed by atoms with Crippen LogP contribution in [0.3, 0.4) is 0 Å². The second-order valence-electron chi connectivity index (χ2n) is 5.06. The van der Waals surface area contributed by atoms with E-state index < -0.39 is 0 Å². The summed E-state index contributed by atoms with van der Waals surface area (Å²) in [5.41, 5.74) is 2.95. The van der Waals surface area contributed by atoms with E-state index in [9.17, 15) is 10.2 Å². The van der Waals surface area contributed by atoms with Crippen molar-refractivity contribution in [1.82, 2.24) is 0 Å². The van der Waals surface area contributed by atoms with Gasteiger partial charge in [-0.1, -0.05) is 35.0 Å².